The van der Waals surface area contributed by atoms with Gasteiger partial charge in [-0.25, -0.2) is 0 Å². The van der Waals surface area contributed by atoms with E-state index in [2.05, 4.69) is 17.2 Å². The highest BCUT2D eigenvalue weighted by atomic mass is 16.2. The van der Waals surface area contributed by atoms with E-state index in [0.29, 0.717) is 12.1 Å². The van der Waals surface area contributed by atoms with Gasteiger partial charge in [0, 0.05) is 19.2 Å². The van der Waals surface area contributed by atoms with Crippen molar-refractivity contribution < 1.29 is 19.2 Å². The lowest BCUT2D eigenvalue weighted by molar-refractivity contribution is -0.138. The highest BCUT2D eigenvalue weighted by Crippen LogP contribution is 2.13. The molecule has 0 saturated carbocycles. The Kier molecular flexibility index (Phi) is 5.47. The zero-order chi connectivity index (χ0) is 17.7. The van der Waals surface area contributed by atoms with Gasteiger partial charge in [0.15, 0.2) is 0 Å². The zero-order valence-electron chi connectivity index (χ0n) is 13.4. The molecule has 1 atom stereocenters. The van der Waals surface area contributed by atoms with Crippen LogP contribution in [0.1, 0.15) is 18.4 Å². The van der Waals surface area contributed by atoms with Gasteiger partial charge in [-0.3, -0.25) is 24.1 Å². The summed E-state index contributed by atoms with van der Waals surface area (Å²) in [7, 11) is 1.41. The summed E-state index contributed by atoms with van der Waals surface area (Å²) in [5.74, 6) is -1.23. The van der Waals surface area contributed by atoms with E-state index in [9.17, 15) is 19.2 Å². The second kappa shape index (κ2) is 7.54. The molecule has 1 aliphatic heterocycles. The molecule has 126 valence electrons. The monoisotopic (exact) mass is 329 g/mol. The molecule has 1 heterocycles. The average molecular weight is 329 g/mol. The summed E-state index contributed by atoms with van der Waals surface area (Å²) >= 11 is 0. The van der Waals surface area contributed by atoms with E-state index in [1.807, 2.05) is 12.1 Å². The van der Waals surface area contributed by atoms with Crippen molar-refractivity contribution in [1.29, 1.82) is 0 Å². The summed E-state index contributed by atoms with van der Waals surface area (Å²) in [6.07, 6.45) is 1.90. The fourth-order valence-corrected chi connectivity index (χ4v) is 2.34. The van der Waals surface area contributed by atoms with E-state index >= 15 is 0 Å². The van der Waals surface area contributed by atoms with Gasteiger partial charge in [-0.1, -0.05) is 18.7 Å². The van der Waals surface area contributed by atoms with Gasteiger partial charge in [-0.2, -0.15) is 0 Å². The van der Waals surface area contributed by atoms with Gasteiger partial charge in [-0.15, -0.1) is 0 Å². The Balaban J connectivity index is 1.81. The van der Waals surface area contributed by atoms with Crippen LogP contribution in [0.25, 0.3) is 0 Å². The molecule has 1 fully saturated rings. The first-order valence-corrected chi connectivity index (χ1v) is 7.53. The van der Waals surface area contributed by atoms with Crippen molar-refractivity contribution in [2.75, 3.05) is 12.4 Å². The summed E-state index contributed by atoms with van der Waals surface area (Å²) in [6.45, 7) is 3.38. The summed E-state index contributed by atoms with van der Waals surface area (Å²) in [5.41, 5.74) is 1.57. The van der Waals surface area contributed by atoms with Crippen LogP contribution in [0.4, 0.5) is 5.69 Å². The third-order valence-electron chi connectivity index (χ3n) is 3.76. The summed E-state index contributed by atoms with van der Waals surface area (Å²) < 4.78 is 0. The predicted octanol–water partition coefficient (Wildman–Crippen LogP) is 0.617. The normalized spacial score (nSPS) is 16.9. The molecule has 0 spiro atoms. The molecule has 2 rings (SSSR count). The Morgan fingerprint density at radius 3 is 2.50 bits per heavy atom. The first-order chi connectivity index (χ1) is 11.4. The molecular formula is C17H19N3O4. The Morgan fingerprint density at radius 2 is 1.96 bits per heavy atom. The largest absolute Gasteiger partial charge is 0.344 e. The average Bonchev–Trinajstić information content (AvgIpc) is 2.81. The molecule has 0 bridgehead atoms. The van der Waals surface area contributed by atoms with E-state index in [1.54, 1.807) is 12.1 Å². The highest BCUT2D eigenvalue weighted by molar-refractivity contribution is 6.06. The fraction of sp³-hybridized carbons (Fsp3) is 0.294. The van der Waals surface area contributed by atoms with E-state index in [0.717, 1.165) is 10.5 Å². The number of nitrogens with one attached hydrogen (secondary N) is 2. The molecular weight excluding hydrogens is 310 g/mol. The lowest BCUT2D eigenvalue weighted by Gasteiger charge is -2.11. The second-order valence-electron chi connectivity index (χ2n) is 5.51. The number of nitrogens with zero attached hydrogens (tertiary/aromatic N) is 1. The Hall–Kier alpha value is -2.96. The molecule has 0 radical (unpaired) electrons. The number of aryl methyl sites for hydroxylation is 1. The predicted molar refractivity (Wildman–Crippen MR) is 87.9 cm³/mol. The molecule has 0 aromatic heterocycles. The summed E-state index contributed by atoms with van der Waals surface area (Å²) in [4.78, 5) is 47.3. The molecule has 24 heavy (non-hydrogen) atoms. The Morgan fingerprint density at radius 1 is 1.29 bits per heavy atom. The summed E-state index contributed by atoms with van der Waals surface area (Å²) in [5, 5.41) is 5.22. The van der Waals surface area contributed by atoms with Gasteiger partial charge in [-0.05, 0) is 30.2 Å². The van der Waals surface area contributed by atoms with Crippen LogP contribution in [0.2, 0.25) is 0 Å². The minimum Gasteiger partial charge on any atom is -0.344 e. The minimum atomic E-state index is -0.758. The van der Waals surface area contributed by atoms with E-state index in [1.165, 1.54) is 13.1 Å². The van der Waals surface area contributed by atoms with Crippen LogP contribution < -0.4 is 10.6 Å². The van der Waals surface area contributed by atoms with Crippen LogP contribution in [-0.2, 0) is 25.6 Å². The Bertz CT molecular complexity index is 682. The smallest absolute Gasteiger partial charge is 0.252 e. The van der Waals surface area contributed by atoms with Gasteiger partial charge in [0.25, 0.3) is 5.91 Å². The molecule has 7 nitrogen and oxygen atoms in total. The number of imide groups is 1. The minimum absolute atomic E-state index is 0.0127. The van der Waals surface area contributed by atoms with Gasteiger partial charge in [0.1, 0.15) is 6.04 Å². The molecule has 4 amide bonds. The topological polar surface area (TPSA) is 95.6 Å². The maximum Gasteiger partial charge on any atom is 0.252 e. The summed E-state index contributed by atoms with van der Waals surface area (Å²) in [6, 6.07) is 6.34. The van der Waals surface area contributed by atoms with Crippen molar-refractivity contribution in [3.05, 3.63) is 42.5 Å². The lowest BCUT2D eigenvalue weighted by Crippen LogP contribution is -2.40. The quantitative estimate of drug-likeness (QED) is 0.591. The van der Waals surface area contributed by atoms with Gasteiger partial charge in [0.2, 0.25) is 17.7 Å². The molecule has 1 aromatic carbocycles. The number of rotatable bonds is 6. The molecule has 0 aliphatic carbocycles. The van der Waals surface area contributed by atoms with Gasteiger partial charge >= 0.3 is 0 Å². The third kappa shape index (κ3) is 4.28. The second-order valence-corrected chi connectivity index (χ2v) is 5.51. The maximum absolute atomic E-state index is 11.9. The van der Waals surface area contributed by atoms with Crippen LogP contribution in [0, 0.1) is 0 Å². The van der Waals surface area contributed by atoms with E-state index in [-0.39, 0.29) is 36.5 Å². The fourth-order valence-electron chi connectivity index (χ4n) is 2.34. The van der Waals surface area contributed by atoms with Crippen molar-refractivity contribution >= 4 is 29.3 Å². The number of anilines is 1. The van der Waals surface area contributed by atoms with Crippen molar-refractivity contribution in [3.63, 3.8) is 0 Å². The van der Waals surface area contributed by atoms with Crippen LogP contribution in [0.5, 0.6) is 0 Å². The maximum atomic E-state index is 11.9. The molecule has 2 N–H and O–H groups in total. The van der Waals surface area contributed by atoms with Crippen molar-refractivity contribution in [2.45, 2.75) is 25.3 Å². The van der Waals surface area contributed by atoms with Crippen LogP contribution in [0.3, 0.4) is 0 Å². The standard InChI is InChI=1S/C17H19N3O4/c1-3-14(21)18-12-7-4-11(5-8-12)6-9-15(22)19-13-10-16(23)20(2)17(13)24/h3-5,7-8,13H,1,6,9-10H2,2H3,(H,18,21)(H,19,22). The van der Waals surface area contributed by atoms with Crippen molar-refractivity contribution in [3.8, 4) is 0 Å². The first-order valence-electron chi connectivity index (χ1n) is 7.53. The lowest BCUT2D eigenvalue weighted by atomic mass is 10.1. The number of benzene rings is 1. The van der Waals surface area contributed by atoms with Crippen LogP contribution >= 0.6 is 0 Å². The molecule has 7 heteroatoms. The van der Waals surface area contributed by atoms with Gasteiger partial charge < -0.3 is 10.6 Å². The number of carbonyl (C=O) groups excluding carboxylic acids is 4. The SMILES string of the molecule is C=CC(=O)Nc1ccc(CCC(=O)NC2CC(=O)N(C)C2=O)cc1. The number of likely N-dealkylation sites (N-methyl/N-ethyl adjacent to an activating group) is 1. The molecule has 1 unspecified atom stereocenters. The van der Waals surface area contributed by atoms with Gasteiger partial charge in [0.05, 0.1) is 6.42 Å². The molecule has 1 aliphatic rings. The number of hydrogen-bond acceptors (Lipinski definition) is 4. The van der Waals surface area contributed by atoms with Crippen molar-refractivity contribution in [2.24, 2.45) is 0 Å². The van der Waals surface area contributed by atoms with Crippen molar-refractivity contribution in [1.82, 2.24) is 10.2 Å². The van der Waals surface area contributed by atoms with Crippen LogP contribution in [0.15, 0.2) is 36.9 Å². The molecule has 1 saturated heterocycles. The molecule has 1 aromatic rings. The highest BCUT2D eigenvalue weighted by Gasteiger charge is 2.36. The van der Waals surface area contributed by atoms with Crippen LogP contribution in [-0.4, -0.2) is 41.6 Å². The number of carbonyl (C=O) groups is 4. The zero-order valence-corrected chi connectivity index (χ0v) is 13.4. The number of hydrogen-bond donors (Lipinski definition) is 2. The third-order valence-corrected chi connectivity index (χ3v) is 3.76. The number of likely N-dealkylation sites (tertiary alicyclic amines) is 1. The first kappa shape index (κ1) is 17.4. The van der Waals surface area contributed by atoms with E-state index in [4.69, 9.17) is 0 Å². The Labute approximate surface area is 139 Å². The number of amides is 4. The van der Waals surface area contributed by atoms with E-state index < -0.39 is 6.04 Å².